The lowest BCUT2D eigenvalue weighted by Crippen LogP contribution is -2.37. The van der Waals surface area contributed by atoms with Crippen LogP contribution in [0.25, 0.3) is 0 Å². The molecule has 1 aliphatic rings. The van der Waals surface area contributed by atoms with Gasteiger partial charge in [-0.3, -0.25) is 9.59 Å². The maximum Gasteiger partial charge on any atom is 0.310 e. The summed E-state index contributed by atoms with van der Waals surface area (Å²) in [7, 11) is 0. The summed E-state index contributed by atoms with van der Waals surface area (Å²) in [4.78, 5) is 23.1. The van der Waals surface area contributed by atoms with Crippen molar-refractivity contribution in [3.05, 3.63) is 0 Å². The molecular weight excluding hydrogens is 246 g/mol. The molecule has 0 bridgehead atoms. The largest absolute Gasteiger partial charge is 0.481 e. The fourth-order valence-electron chi connectivity index (χ4n) is 2.49. The van der Waals surface area contributed by atoms with E-state index in [1.54, 1.807) is 0 Å². The molecule has 0 saturated carbocycles. The number of hydrogen-bond acceptors (Lipinski definition) is 3. The second-order valence-corrected chi connectivity index (χ2v) is 5.24. The van der Waals surface area contributed by atoms with Crippen LogP contribution in [0.15, 0.2) is 0 Å². The topological polar surface area (TPSA) is 75.6 Å². The lowest BCUT2D eigenvalue weighted by atomic mass is 9.79. The van der Waals surface area contributed by atoms with Gasteiger partial charge in [0.2, 0.25) is 5.91 Å². The van der Waals surface area contributed by atoms with Crippen molar-refractivity contribution in [1.29, 1.82) is 0 Å². The number of nitrogens with one attached hydrogen (secondary N) is 1. The number of ether oxygens (including phenoxy) is 1. The summed E-state index contributed by atoms with van der Waals surface area (Å²) < 4.78 is 5.47. The predicted octanol–water partition coefficient (Wildman–Crippen LogP) is 1.95. The van der Waals surface area contributed by atoms with E-state index in [9.17, 15) is 14.7 Å². The van der Waals surface area contributed by atoms with Crippen LogP contribution in [0.1, 0.15) is 52.4 Å². The normalized spacial score (nSPS) is 19.4. The zero-order chi connectivity index (χ0) is 14.3. The van der Waals surface area contributed by atoms with E-state index in [0.29, 0.717) is 19.4 Å². The Kier molecular flexibility index (Phi) is 6.28. The summed E-state index contributed by atoms with van der Waals surface area (Å²) in [6.07, 6.45) is 4.20. The Hall–Kier alpha value is -1.10. The van der Waals surface area contributed by atoms with Crippen LogP contribution in [-0.2, 0) is 14.3 Å². The molecule has 1 heterocycles. The minimum absolute atomic E-state index is 0.0564. The second-order valence-electron chi connectivity index (χ2n) is 5.24. The second kappa shape index (κ2) is 7.48. The van der Waals surface area contributed by atoms with E-state index >= 15 is 0 Å². The van der Waals surface area contributed by atoms with Crippen molar-refractivity contribution in [2.24, 2.45) is 5.41 Å². The maximum atomic E-state index is 11.8. The molecule has 0 aromatic rings. The molecule has 1 amide bonds. The molecule has 0 spiro atoms. The highest BCUT2D eigenvalue weighted by Gasteiger charge is 2.37. The molecule has 5 heteroatoms. The Balaban J connectivity index is 2.33. The molecule has 0 aromatic heterocycles. The predicted molar refractivity (Wildman–Crippen MR) is 71.9 cm³/mol. The Morgan fingerprint density at radius 1 is 1.37 bits per heavy atom. The van der Waals surface area contributed by atoms with Gasteiger partial charge in [-0.05, 0) is 32.1 Å². The third-order valence-electron chi connectivity index (χ3n) is 4.12. The molecular formula is C14H25NO4. The Morgan fingerprint density at radius 3 is 2.53 bits per heavy atom. The van der Waals surface area contributed by atoms with Crippen LogP contribution in [0.2, 0.25) is 0 Å². The van der Waals surface area contributed by atoms with Crippen LogP contribution in [0.4, 0.5) is 0 Å². The van der Waals surface area contributed by atoms with Crippen molar-refractivity contribution in [1.82, 2.24) is 5.32 Å². The smallest absolute Gasteiger partial charge is 0.310 e. The molecule has 0 aliphatic carbocycles. The summed E-state index contributed by atoms with van der Waals surface area (Å²) in [5, 5.41) is 12.1. The van der Waals surface area contributed by atoms with E-state index in [1.165, 1.54) is 0 Å². The van der Waals surface area contributed by atoms with Gasteiger partial charge in [0.15, 0.2) is 0 Å². The quantitative estimate of drug-likeness (QED) is 0.707. The van der Waals surface area contributed by atoms with Crippen LogP contribution in [-0.4, -0.2) is 36.2 Å². The first-order chi connectivity index (χ1) is 9.04. The fourth-order valence-corrected chi connectivity index (χ4v) is 2.49. The molecule has 1 saturated heterocycles. The van der Waals surface area contributed by atoms with E-state index in [2.05, 4.69) is 5.32 Å². The van der Waals surface area contributed by atoms with Gasteiger partial charge in [-0.25, -0.2) is 0 Å². The van der Waals surface area contributed by atoms with Gasteiger partial charge in [0.25, 0.3) is 0 Å². The Morgan fingerprint density at radius 2 is 2.05 bits per heavy atom. The van der Waals surface area contributed by atoms with Crippen molar-refractivity contribution < 1.29 is 19.4 Å². The number of carboxylic acids is 1. The maximum absolute atomic E-state index is 11.8. The van der Waals surface area contributed by atoms with Gasteiger partial charge in [-0.1, -0.05) is 13.8 Å². The van der Waals surface area contributed by atoms with Crippen molar-refractivity contribution in [2.45, 2.75) is 58.5 Å². The van der Waals surface area contributed by atoms with Gasteiger partial charge in [0, 0.05) is 19.6 Å². The van der Waals surface area contributed by atoms with Crippen LogP contribution in [0, 0.1) is 5.41 Å². The van der Waals surface area contributed by atoms with E-state index in [-0.39, 0.29) is 18.4 Å². The van der Waals surface area contributed by atoms with Gasteiger partial charge >= 0.3 is 5.97 Å². The number of amides is 1. The van der Waals surface area contributed by atoms with Crippen molar-refractivity contribution in [3.8, 4) is 0 Å². The van der Waals surface area contributed by atoms with Gasteiger partial charge < -0.3 is 15.2 Å². The minimum Gasteiger partial charge on any atom is -0.481 e. The van der Waals surface area contributed by atoms with Crippen molar-refractivity contribution >= 4 is 11.9 Å². The van der Waals surface area contributed by atoms with Crippen LogP contribution < -0.4 is 5.32 Å². The number of hydrogen-bond donors (Lipinski definition) is 2. The molecule has 1 unspecified atom stereocenters. The highest BCUT2D eigenvalue weighted by molar-refractivity contribution is 5.84. The van der Waals surface area contributed by atoms with E-state index in [1.807, 2.05) is 13.8 Å². The number of carbonyl (C=O) groups excluding carboxylic acids is 1. The van der Waals surface area contributed by atoms with Gasteiger partial charge in [-0.15, -0.1) is 0 Å². The minimum atomic E-state index is -0.923. The average Bonchev–Trinajstić information content (AvgIpc) is 2.89. The average molecular weight is 271 g/mol. The molecule has 1 rings (SSSR count). The van der Waals surface area contributed by atoms with Crippen molar-refractivity contribution in [2.75, 3.05) is 13.2 Å². The molecule has 1 atom stereocenters. The van der Waals surface area contributed by atoms with E-state index in [4.69, 9.17) is 4.74 Å². The monoisotopic (exact) mass is 271 g/mol. The highest BCUT2D eigenvalue weighted by atomic mass is 16.5. The summed E-state index contributed by atoms with van der Waals surface area (Å²) in [6.45, 7) is 5.01. The summed E-state index contributed by atoms with van der Waals surface area (Å²) in [6, 6.07) is 0. The number of carbonyl (C=O) groups is 2. The van der Waals surface area contributed by atoms with Gasteiger partial charge in [0.1, 0.15) is 0 Å². The standard InChI is InChI=1S/C14H25NO4/c1-3-14(4-2,13(17)18)10-12(16)15-8-7-11-6-5-9-19-11/h11H,3-10H2,1-2H3,(H,15,16)(H,17,18). The van der Waals surface area contributed by atoms with Crippen LogP contribution in [0.3, 0.4) is 0 Å². The van der Waals surface area contributed by atoms with Gasteiger partial charge in [-0.2, -0.15) is 0 Å². The first-order valence-electron chi connectivity index (χ1n) is 7.15. The number of carboxylic acid groups (broad SMARTS) is 1. The number of rotatable bonds is 8. The van der Waals surface area contributed by atoms with Crippen LogP contribution >= 0.6 is 0 Å². The zero-order valence-corrected chi connectivity index (χ0v) is 11.9. The van der Waals surface area contributed by atoms with Crippen LogP contribution in [0.5, 0.6) is 0 Å². The molecule has 0 aromatic carbocycles. The third kappa shape index (κ3) is 4.49. The molecule has 0 radical (unpaired) electrons. The zero-order valence-electron chi connectivity index (χ0n) is 11.9. The lowest BCUT2D eigenvalue weighted by Gasteiger charge is -2.25. The summed E-state index contributed by atoms with van der Waals surface area (Å²) in [5.74, 6) is -1.06. The molecule has 1 aliphatic heterocycles. The Labute approximate surface area is 114 Å². The molecule has 2 N–H and O–H groups in total. The lowest BCUT2D eigenvalue weighted by molar-refractivity contribution is -0.152. The molecule has 1 fully saturated rings. The Bertz CT molecular complexity index is 307. The van der Waals surface area contributed by atoms with Crippen molar-refractivity contribution in [3.63, 3.8) is 0 Å². The molecule has 19 heavy (non-hydrogen) atoms. The number of aliphatic carboxylic acids is 1. The first-order valence-corrected chi connectivity index (χ1v) is 7.15. The highest BCUT2D eigenvalue weighted by Crippen LogP contribution is 2.30. The van der Waals surface area contributed by atoms with E-state index < -0.39 is 11.4 Å². The van der Waals surface area contributed by atoms with E-state index in [0.717, 1.165) is 25.9 Å². The molecule has 5 nitrogen and oxygen atoms in total. The fraction of sp³-hybridized carbons (Fsp3) is 0.857. The summed E-state index contributed by atoms with van der Waals surface area (Å²) in [5.41, 5.74) is -0.923. The molecule has 110 valence electrons. The third-order valence-corrected chi connectivity index (χ3v) is 4.12. The summed E-state index contributed by atoms with van der Waals surface area (Å²) >= 11 is 0. The van der Waals surface area contributed by atoms with Gasteiger partial charge in [0.05, 0.1) is 11.5 Å². The first kappa shape index (κ1) is 16.0. The SMILES string of the molecule is CCC(CC)(CC(=O)NCCC1CCCO1)C(=O)O.